The third-order valence-corrected chi connectivity index (χ3v) is 3.87. The van der Waals surface area contributed by atoms with Gasteiger partial charge in [0.05, 0.1) is 18.6 Å². The normalized spacial score (nSPS) is 17.8. The van der Waals surface area contributed by atoms with Crippen molar-refractivity contribution in [1.29, 1.82) is 5.26 Å². The minimum absolute atomic E-state index is 0.131. The van der Waals surface area contributed by atoms with Gasteiger partial charge in [0.2, 0.25) is 0 Å². The molecule has 96 valence electrons. The number of carbonyl (C=O) groups excluding carboxylic acids is 1. The lowest BCUT2D eigenvalue weighted by molar-refractivity contribution is -0.146. The fourth-order valence-electron chi connectivity index (χ4n) is 2.94. The van der Waals surface area contributed by atoms with Crippen molar-refractivity contribution in [3.63, 3.8) is 0 Å². The summed E-state index contributed by atoms with van der Waals surface area (Å²) in [6.45, 7) is 0.761. The number of benzene rings is 1. The Kier molecular flexibility index (Phi) is 2.75. The highest BCUT2D eigenvalue weighted by Gasteiger charge is 2.29. The molecule has 1 atom stereocenters. The number of nitrogens with zero attached hydrogens (tertiary/aromatic N) is 2. The maximum Gasteiger partial charge on any atom is 0.309 e. The number of para-hydroxylation sites is 1. The van der Waals surface area contributed by atoms with Gasteiger partial charge in [0.15, 0.2) is 0 Å². The quantitative estimate of drug-likeness (QED) is 0.733. The Balaban J connectivity index is 2.15. The van der Waals surface area contributed by atoms with E-state index in [-0.39, 0.29) is 11.9 Å². The van der Waals surface area contributed by atoms with Crippen LogP contribution in [0.5, 0.6) is 0 Å². The highest BCUT2D eigenvalue weighted by Crippen LogP contribution is 2.32. The first-order valence-corrected chi connectivity index (χ1v) is 6.34. The van der Waals surface area contributed by atoms with Crippen molar-refractivity contribution in [2.24, 2.45) is 5.92 Å². The number of rotatable bonds is 1. The third-order valence-electron chi connectivity index (χ3n) is 3.87. The molecule has 0 aliphatic carbocycles. The minimum atomic E-state index is -0.180. The second-order valence-corrected chi connectivity index (χ2v) is 4.82. The van der Waals surface area contributed by atoms with E-state index in [1.807, 2.05) is 24.3 Å². The number of esters is 1. The van der Waals surface area contributed by atoms with Gasteiger partial charge in [0.25, 0.3) is 0 Å². The van der Waals surface area contributed by atoms with E-state index >= 15 is 0 Å². The first-order chi connectivity index (χ1) is 9.26. The summed E-state index contributed by atoms with van der Waals surface area (Å²) < 4.78 is 6.98. The van der Waals surface area contributed by atoms with Gasteiger partial charge in [-0.05, 0) is 12.5 Å². The smallest absolute Gasteiger partial charge is 0.309 e. The summed E-state index contributed by atoms with van der Waals surface area (Å²) in [6, 6.07) is 10.2. The molecule has 4 nitrogen and oxygen atoms in total. The van der Waals surface area contributed by atoms with Gasteiger partial charge in [0, 0.05) is 29.6 Å². The van der Waals surface area contributed by atoms with E-state index in [4.69, 9.17) is 4.74 Å². The number of fused-ring (bicyclic) bond motifs is 3. The topological polar surface area (TPSA) is 55.0 Å². The Morgan fingerprint density at radius 2 is 2.26 bits per heavy atom. The lowest BCUT2D eigenvalue weighted by Gasteiger charge is -2.23. The minimum Gasteiger partial charge on any atom is -0.469 e. The molecule has 2 aromatic rings. The van der Waals surface area contributed by atoms with Crippen LogP contribution < -0.4 is 0 Å². The lowest BCUT2D eigenvalue weighted by atomic mass is 9.94. The van der Waals surface area contributed by atoms with Gasteiger partial charge in [-0.2, -0.15) is 5.26 Å². The number of hydrogen-bond acceptors (Lipinski definition) is 3. The van der Waals surface area contributed by atoms with Gasteiger partial charge in [-0.3, -0.25) is 4.79 Å². The van der Waals surface area contributed by atoms with E-state index in [2.05, 4.69) is 10.6 Å². The molecule has 3 rings (SSSR count). The molecule has 0 fully saturated rings. The van der Waals surface area contributed by atoms with Crippen LogP contribution in [0.1, 0.15) is 17.7 Å². The summed E-state index contributed by atoms with van der Waals surface area (Å²) in [7, 11) is 1.41. The van der Waals surface area contributed by atoms with Crippen LogP contribution >= 0.6 is 0 Å². The molecular formula is C15H14N2O2. The van der Waals surface area contributed by atoms with Crippen molar-refractivity contribution >= 4 is 16.9 Å². The number of hydrogen-bond donors (Lipinski definition) is 0. The maximum absolute atomic E-state index is 11.7. The number of aromatic nitrogens is 1. The highest BCUT2D eigenvalue weighted by molar-refractivity contribution is 5.88. The molecule has 1 aromatic carbocycles. The van der Waals surface area contributed by atoms with Crippen molar-refractivity contribution in [2.75, 3.05) is 7.11 Å². The largest absolute Gasteiger partial charge is 0.469 e. The first-order valence-electron chi connectivity index (χ1n) is 6.34. The van der Waals surface area contributed by atoms with E-state index in [9.17, 15) is 10.1 Å². The van der Waals surface area contributed by atoms with Gasteiger partial charge < -0.3 is 9.30 Å². The molecule has 0 spiro atoms. The van der Waals surface area contributed by atoms with Crippen LogP contribution in [0.4, 0.5) is 0 Å². The first kappa shape index (κ1) is 11.8. The summed E-state index contributed by atoms with van der Waals surface area (Å²) in [5.74, 6) is -0.311. The second-order valence-electron chi connectivity index (χ2n) is 4.82. The Morgan fingerprint density at radius 1 is 1.47 bits per heavy atom. The molecule has 1 aliphatic heterocycles. The SMILES string of the molecule is COC(=O)C1CCn2c(c(C#N)c3ccccc32)C1. The number of nitriles is 1. The molecule has 0 amide bonds. The van der Waals surface area contributed by atoms with E-state index < -0.39 is 0 Å². The van der Waals surface area contributed by atoms with Gasteiger partial charge in [-0.25, -0.2) is 0 Å². The fourth-order valence-corrected chi connectivity index (χ4v) is 2.94. The average molecular weight is 254 g/mol. The van der Waals surface area contributed by atoms with Crippen LogP contribution in [0.15, 0.2) is 24.3 Å². The van der Waals surface area contributed by atoms with Gasteiger partial charge >= 0.3 is 5.97 Å². The van der Waals surface area contributed by atoms with Gasteiger partial charge in [-0.1, -0.05) is 18.2 Å². The summed E-state index contributed by atoms with van der Waals surface area (Å²) >= 11 is 0. The molecule has 2 heterocycles. The van der Waals surface area contributed by atoms with Gasteiger partial charge in [-0.15, -0.1) is 0 Å². The number of ether oxygens (including phenoxy) is 1. The number of carbonyl (C=O) groups is 1. The molecule has 19 heavy (non-hydrogen) atoms. The van der Waals surface area contributed by atoms with Crippen molar-refractivity contribution in [3.05, 3.63) is 35.5 Å². The van der Waals surface area contributed by atoms with Crippen LogP contribution in [0.2, 0.25) is 0 Å². The average Bonchev–Trinajstić information content (AvgIpc) is 2.79. The predicted octanol–water partition coefficient (Wildman–Crippen LogP) is 2.25. The van der Waals surface area contributed by atoms with Crippen LogP contribution in [0.3, 0.4) is 0 Å². The number of aryl methyl sites for hydroxylation is 1. The Bertz CT molecular complexity index is 694. The predicted molar refractivity (Wildman–Crippen MR) is 70.5 cm³/mol. The molecule has 1 aromatic heterocycles. The van der Waals surface area contributed by atoms with E-state index in [0.717, 1.165) is 29.6 Å². The Hall–Kier alpha value is -2.28. The van der Waals surface area contributed by atoms with E-state index in [0.29, 0.717) is 12.0 Å². The maximum atomic E-state index is 11.7. The number of methoxy groups -OCH3 is 1. The molecule has 1 aliphatic rings. The highest BCUT2D eigenvalue weighted by atomic mass is 16.5. The lowest BCUT2D eigenvalue weighted by Crippen LogP contribution is -2.26. The van der Waals surface area contributed by atoms with Crippen LogP contribution in [0.25, 0.3) is 10.9 Å². The van der Waals surface area contributed by atoms with Crippen molar-refractivity contribution in [1.82, 2.24) is 4.57 Å². The molecule has 0 saturated heterocycles. The van der Waals surface area contributed by atoms with Crippen LogP contribution in [0, 0.1) is 17.2 Å². The molecule has 0 saturated carbocycles. The monoisotopic (exact) mass is 254 g/mol. The summed E-state index contributed by atoms with van der Waals surface area (Å²) in [5, 5.41) is 10.4. The molecule has 0 N–H and O–H groups in total. The van der Waals surface area contributed by atoms with Gasteiger partial charge in [0.1, 0.15) is 6.07 Å². The van der Waals surface area contributed by atoms with E-state index in [1.54, 1.807) is 0 Å². The van der Waals surface area contributed by atoms with Crippen molar-refractivity contribution in [2.45, 2.75) is 19.4 Å². The zero-order chi connectivity index (χ0) is 13.4. The summed E-state index contributed by atoms with van der Waals surface area (Å²) in [4.78, 5) is 11.7. The molecule has 0 bridgehead atoms. The van der Waals surface area contributed by atoms with E-state index in [1.165, 1.54) is 7.11 Å². The third kappa shape index (κ3) is 1.70. The summed E-state index contributed by atoms with van der Waals surface area (Å²) in [6.07, 6.45) is 1.35. The molecule has 4 heteroatoms. The van der Waals surface area contributed by atoms with Crippen molar-refractivity contribution < 1.29 is 9.53 Å². The molecule has 0 radical (unpaired) electrons. The zero-order valence-corrected chi connectivity index (χ0v) is 10.7. The fraction of sp³-hybridized carbons (Fsp3) is 0.333. The van der Waals surface area contributed by atoms with Crippen molar-refractivity contribution in [3.8, 4) is 6.07 Å². The Morgan fingerprint density at radius 3 is 3.00 bits per heavy atom. The molecule has 1 unspecified atom stereocenters. The molecular weight excluding hydrogens is 240 g/mol. The summed E-state index contributed by atoms with van der Waals surface area (Å²) in [5.41, 5.74) is 2.74. The van der Waals surface area contributed by atoms with Crippen LogP contribution in [-0.2, 0) is 22.5 Å². The van der Waals surface area contributed by atoms with Crippen LogP contribution in [-0.4, -0.2) is 17.6 Å². The second kappa shape index (κ2) is 4.43. The Labute approximate surface area is 111 Å². The standard InChI is InChI=1S/C15H14N2O2/c1-19-15(18)10-6-7-17-13-5-3-2-4-11(13)12(9-16)14(17)8-10/h2-5,10H,6-8H2,1H3. The zero-order valence-electron chi connectivity index (χ0n) is 10.7.